The molecule has 0 aliphatic carbocycles. The number of carbonyl (C=O) groups excluding carboxylic acids is 2. The van der Waals surface area contributed by atoms with Gasteiger partial charge in [0.15, 0.2) is 0 Å². The van der Waals surface area contributed by atoms with Gasteiger partial charge in [0.05, 0.1) is 18.3 Å². The molecule has 2 aromatic rings. The lowest BCUT2D eigenvalue weighted by Crippen LogP contribution is -2.13. The molecule has 0 saturated carbocycles. The van der Waals surface area contributed by atoms with Crippen LogP contribution in [0.2, 0.25) is 0 Å². The second kappa shape index (κ2) is 5.44. The van der Waals surface area contributed by atoms with Crippen LogP contribution in [0.25, 0.3) is 0 Å². The quantitative estimate of drug-likeness (QED) is 0.666. The highest BCUT2D eigenvalue weighted by molar-refractivity contribution is 5.98. The molecule has 2 aromatic heterocycles. The van der Waals surface area contributed by atoms with E-state index >= 15 is 0 Å². The van der Waals surface area contributed by atoms with Crippen LogP contribution < -0.4 is 16.4 Å². The number of pyridine rings is 2. The Labute approximate surface area is 127 Å². The second-order valence-corrected chi connectivity index (χ2v) is 5.14. The molecule has 0 radical (unpaired) electrons. The summed E-state index contributed by atoms with van der Waals surface area (Å²) in [4.78, 5) is 29.8. The maximum absolute atomic E-state index is 11.0. The number of amides is 2. The number of aromatic nitrogens is 2. The van der Waals surface area contributed by atoms with E-state index < -0.39 is 0 Å². The minimum atomic E-state index is -0.0521. The molecule has 0 aromatic carbocycles. The monoisotopic (exact) mass is 297 g/mol. The Kier molecular flexibility index (Phi) is 3.46. The first-order chi connectivity index (χ1) is 10.5. The summed E-state index contributed by atoms with van der Waals surface area (Å²) in [5.74, 6) is 0.575. The number of fused-ring (bicyclic) bond motifs is 2. The molecule has 0 atom stereocenters. The Bertz CT molecular complexity index is 773. The SMILES string of the molecule is Cc1ccnc2c1CNC2=O.Nc1cnc2c(c1)CC(=O)N2. The van der Waals surface area contributed by atoms with Crippen LogP contribution >= 0.6 is 0 Å². The van der Waals surface area contributed by atoms with E-state index in [0.29, 0.717) is 30.2 Å². The van der Waals surface area contributed by atoms with Crippen LogP contribution in [0, 0.1) is 6.92 Å². The highest BCUT2D eigenvalue weighted by Crippen LogP contribution is 2.21. The predicted molar refractivity (Wildman–Crippen MR) is 81.1 cm³/mol. The fourth-order valence-corrected chi connectivity index (χ4v) is 2.39. The third-order valence-corrected chi connectivity index (χ3v) is 3.53. The van der Waals surface area contributed by atoms with Gasteiger partial charge in [-0.3, -0.25) is 14.6 Å². The van der Waals surface area contributed by atoms with Crippen molar-refractivity contribution in [2.75, 3.05) is 11.1 Å². The van der Waals surface area contributed by atoms with Crippen molar-refractivity contribution in [2.45, 2.75) is 19.9 Å². The van der Waals surface area contributed by atoms with Crippen molar-refractivity contribution in [3.63, 3.8) is 0 Å². The summed E-state index contributed by atoms with van der Waals surface area (Å²) >= 11 is 0. The van der Waals surface area contributed by atoms with Gasteiger partial charge in [0.1, 0.15) is 11.5 Å². The Morgan fingerprint density at radius 3 is 2.86 bits per heavy atom. The largest absolute Gasteiger partial charge is 0.397 e. The molecule has 22 heavy (non-hydrogen) atoms. The number of anilines is 2. The lowest BCUT2D eigenvalue weighted by atomic mass is 10.1. The van der Waals surface area contributed by atoms with Crippen molar-refractivity contribution < 1.29 is 9.59 Å². The van der Waals surface area contributed by atoms with Gasteiger partial charge >= 0.3 is 0 Å². The zero-order valence-corrected chi connectivity index (χ0v) is 12.0. The summed E-state index contributed by atoms with van der Waals surface area (Å²) in [5, 5.41) is 5.34. The molecule has 4 heterocycles. The summed E-state index contributed by atoms with van der Waals surface area (Å²) in [6.07, 6.45) is 3.59. The standard InChI is InChI=1S/C8H8N2O.C7H7N3O/c1-5-2-3-9-7-6(5)4-10-8(7)11;8-5-1-4-2-6(11)10-7(4)9-3-5/h2-3H,4H2,1H3,(H,10,11);1,3H,2,8H2,(H,9,10,11). The van der Waals surface area contributed by atoms with Gasteiger partial charge in [0.25, 0.3) is 5.91 Å². The number of nitrogens with zero attached hydrogens (tertiary/aromatic N) is 2. The Morgan fingerprint density at radius 2 is 2.09 bits per heavy atom. The summed E-state index contributed by atoms with van der Waals surface area (Å²) in [6.45, 7) is 2.62. The molecular formula is C15H15N5O2. The molecule has 7 nitrogen and oxygen atoms in total. The average molecular weight is 297 g/mol. The van der Waals surface area contributed by atoms with Gasteiger partial charge in [0.2, 0.25) is 5.91 Å². The number of nitrogens with one attached hydrogen (secondary N) is 2. The zero-order valence-electron chi connectivity index (χ0n) is 12.0. The minimum absolute atomic E-state index is 0.0156. The van der Waals surface area contributed by atoms with E-state index in [-0.39, 0.29) is 11.8 Å². The number of hydrogen-bond acceptors (Lipinski definition) is 5. The average Bonchev–Trinajstić information content (AvgIpc) is 3.03. The number of carbonyl (C=O) groups is 2. The van der Waals surface area contributed by atoms with E-state index in [1.54, 1.807) is 12.3 Å². The van der Waals surface area contributed by atoms with Gasteiger partial charge in [-0.05, 0) is 24.6 Å². The molecule has 0 fully saturated rings. The second-order valence-electron chi connectivity index (χ2n) is 5.14. The molecule has 7 heteroatoms. The molecule has 0 bridgehead atoms. The van der Waals surface area contributed by atoms with E-state index in [4.69, 9.17) is 5.73 Å². The maximum atomic E-state index is 11.0. The van der Waals surface area contributed by atoms with Crippen LogP contribution in [0.3, 0.4) is 0 Å². The van der Waals surface area contributed by atoms with E-state index in [2.05, 4.69) is 20.6 Å². The molecular weight excluding hydrogens is 282 g/mol. The van der Waals surface area contributed by atoms with Crippen molar-refractivity contribution in [3.05, 3.63) is 46.9 Å². The Balaban J connectivity index is 0.000000131. The third kappa shape index (κ3) is 2.60. The predicted octanol–water partition coefficient (Wildman–Crippen LogP) is 0.792. The van der Waals surface area contributed by atoms with Gasteiger partial charge in [-0.2, -0.15) is 0 Å². The molecule has 2 aliphatic heterocycles. The first-order valence-electron chi connectivity index (χ1n) is 6.81. The van der Waals surface area contributed by atoms with Crippen molar-refractivity contribution in [1.82, 2.24) is 15.3 Å². The molecule has 4 rings (SSSR count). The fourth-order valence-electron chi connectivity index (χ4n) is 2.39. The van der Waals surface area contributed by atoms with E-state index in [9.17, 15) is 9.59 Å². The maximum Gasteiger partial charge on any atom is 0.270 e. The molecule has 0 spiro atoms. The number of nitrogen functional groups attached to an aromatic ring is 1. The summed E-state index contributed by atoms with van der Waals surface area (Å²) in [7, 11) is 0. The van der Waals surface area contributed by atoms with Gasteiger partial charge in [0, 0.05) is 23.9 Å². The normalized spacial score (nSPS) is 14.4. The van der Waals surface area contributed by atoms with Crippen LogP contribution in [0.4, 0.5) is 11.5 Å². The van der Waals surface area contributed by atoms with Gasteiger partial charge < -0.3 is 16.4 Å². The third-order valence-electron chi connectivity index (χ3n) is 3.53. The molecule has 112 valence electrons. The Morgan fingerprint density at radius 1 is 1.27 bits per heavy atom. The summed E-state index contributed by atoms with van der Waals surface area (Å²) in [6, 6.07) is 3.68. The summed E-state index contributed by atoms with van der Waals surface area (Å²) < 4.78 is 0. The van der Waals surface area contributed by atoms with Gasteiger partial charge in [-0.1, -0.05) is 0 Å². The molecule has 4 N–H and O–H groups in total. The summed E-state index contributed by atoms with van der Waals surface area (Å²) in [5.41, 5.74) is 9.72. The number of hydrogen-bond donors (Lipinski definition) is 3. The van der Waals surface area contributed by atoms with Gasteiger partial charge in [-0.25, -0.2) is 4.98 Å². The molecule has 0 unspecified atom stereocenters. The first kappa shape index (κ1) is 14.0. The van der Waals surface area contributed by atoms with Crippen LogP contribution in [0.1, 0.15) is 27.2 Å². The molecule has 2 amide bonds. The lowest BCUT2D eigenvalue weighted by Gasteiger charge is -1.96. The van der Waals surface area contributed by atoms with Crippen LogP contribution in [-0.4, -0.2) is 21.8 Å². The number of aryl methyl sites for hydroxylation is 1. The van der Waals surface area contributed by atoms with Crippen LogP contribution in [0.5, 0.6) is 0 Å². The van der Waals surface area contributed by atoms with E-state index in [1.807, 2.05) is 13.0 Å². The van der Waals surface area contributed by atoms with Crippen LogP contribution in [0.15, 0.2) is 24.5 Å². The van der Waals surface area contributed by atoms with Crippen LogP contribution in [-0.2, 0) is 17.8 Å². The van der Waals surface area contributed by atoms with Crippen molar-refractivity contribution in [2.24, 2.45) is 0 Å². The first-order valence-corrected chi connectivity index (χ1v) is 6.81. The molecule has 2 aliphatic rings. The Hall–Kier alpha value is -2.96. The number of nitrogens with two attached hydrogens (primary N) is 1. The van der Waals surface area contributed by atoms with Crippen molar-refractivity contribution in [3.8, 4) is 0 Å². The highest BCUT2D eigenvalue weighted by Gasteiger charge is 2.21. The smallest absolute Gasteiger partial charge is 0.270 e. The van der Waals surface area contributed by atoms with E-state index in [1.165, 1.54) is 6.20 Å². The molecule has 0 saturated heterocycles. The van der Waals surface area contributed by atoms with E-state index in [0.717, 1.165) is 16.7 Å². The topological polar surface area (TPSA) is 110 Å². The highest BCUT2D eigenvalue weighted by atomic mass is 16.2. The van der Waals surface area contributed by atoms with Gasteiger partial charge in [-0.15, -0.1) is 0 Å². The minimum Gasteiger partial charge on any atom is -0.397 e. The number of rotatable bonds is 0. The zero-order chi connectivity index (χ0) is 15.7. The van der Waals surface area contributed by atoms with Crippen molar-refractivity contribution >= 4 is 23.3 Å². The fraction of sp³-hybridized carbons (Fsp3) is 0.200. The lowest BCUT2D eigenvalue weighted by molar-refractivity contribution is -0.115. The van der Waals surface area contributed by atoms with Crippen molar-refractivity contribution in [1.29, 1.82) is 0 Å².